The largest absolute Gasteiger partial charge is 0.338 e. The van der Waals surface area contributed by atoms with Crippen molar-refractivity contribution in [3.63, 3.8) is 0 Å². The molecule has 1 aliphatic rings. The summed E-state index contributed by atoms with van der Waals surface area (Å²) in [5, 5.41) is 11.8. The number of para-hydroxylation sites is 2. The molecule has 0 amide bonds. The van der Waals surface area contributed by atoms with Gasteiger partial charge in [0.15, 0.2) is 0 Å². The molecule has 2 heterocycles. The molecule has 4 nitrogen and oxygen atoms in total. The Hall–Kier alpha value is -1.65. The van der Waals surface area contributed by atoms with Crippen LogP contribution in [0.3, 0.4) is 0 Å². The molecule has 1 aliphatic heterocycles. The maximum atomic E-state index is 10.3. The molecule has 0 fully saturated rings. The van der Waals surface area contributed by atoms with Crippen molar-refractivity contribution in [2.24, 2.45) is 0 Å². The summed E-state index contributed by atoms with van der Waals surface area (Å²) in [5.74, 6) is 0.903. The average molecular weight is 271 g/mol. The minimum absolute atomic E-state index is 0.313. The van der Waals surface area contributed by atoms with Crippen molar-refractivity contribution in [3.8, 4) is 0 Å². The van der Waals surface area contributed by atoms with E-state index in [1.165, 1.54) is 5.06 Å². The normalized spacial score (nSPS) is 21.9. The maximum Gasteiger partial charge on any atom is 0.134 e. The first-order valence-electron chi connectivity index (χ1n) is 6.96. The minimum Gasteiger partial charge on any atom is -0.338 e. The van der Waals surface area contributed by atoms with Crippen molar-refractivity contribution in [3.05, 3.63) is 36.2 Å². The van der Waals surface area contributed by atoms with Gasteiger partial charge >= 0.3 is 0 Å². The van der Waals surface area contributed by atoms with Crippen LogP contribution < -0.4 is 0 Å². The first-order valence-corrected chi connectivity index (χ1v) is 6.96. The van der Waals surface area contributed by atoms with Crippen molar-refractivity contribution in [2.75, 3.05) is 0 Å². The Morgan fingerprint density at radius 2 is 1.90 bits per heavy atom. The molecular formula is C16H21N3O. The summed E-state index contributed by atoms with van der Waals surface area (Å²) < 4.78 is 0. The van der Waals surface area contributed by atoms with Crippen molar-refractivity contribution in [1.29, 1.82) is 0 Å². The lowest BCUT2D eigenvalue weighted by Gasteiger charge is -2.46. The Morgan fingerprint density at radius 1 is 1.20 bits per heavy atom. The summed E-state index contributed by atoms with van der Waals surface area (Å²) in [5.41, 5.74) is 2.46. The number of hydroxylamine groups is 2. The van der Waals surface area contributed by atoms with Gasteiger partial charge in [0.25, 0.3) is 0 Å². The van der Waals surface area contributed by atoms with Gasteiger partial charge in [-0.25, -0.2) is 4.98 Å². The van der Waals surface area contributed by atoms with E-state index in [1.807, 2.05) is 52.0 Å². The monoisotopic (exact) mass is 271 g/mol. The second-order valence-corrected chi connectivity index (χ2v) is 6.73. The van der Waals surface area contributed by atoms with Crippen molar-refractivity contribution < 1.29 is 5.21 Å². The van der Waals surface area contributed by atoms with Gasteiger partial charge < -0.3 is 10.2 Å². The predicted octanol–water partition coefficient (Wildman–Crippen LogP) is 3.60. The van der Waals surface area contributed by atoms with Crippen LogP contribution in [0.1, 0.15) is 39.9 Å². The van der Waals surface area contributed by atoms with E-state index in [2.05, 4.69) is 16.0 Å². The zero-order chi connectivity index (χ0) is 14.5. The van der Waals surface area contributed by atoms with Crippen LogP contribution in [-0.2, 0) is 0 Å². The van der Waals surface area contributed by atoms with Gasteiger partial charge in [-0.15, -0.1) is 0 Å². The SMILES string of the molecule is CC1(C)C=C(c2nc3ccccc3[nH]2)CC(C)(C)N1O. The number of hydrogen-bond donors (Lipinski definition) is 2. The van der Waals surface area contributed by atoms with Gasteiger partial charge in [-0.05, 0) is 51.8 Å². The summed E-state index contributed by atoms with van der Waals surface area (Å²) in [6, 6.07) is 8.03. The molecule has 106 valence electrons. The molecule has 0 atom stereocenters. The first kappa shape index (κ1) is 13.3. The van der Waals surface area contributed by atoms with Gasteiger partial charge in [-0.2, -0.15) is 5.06 Å². The molecule has 0 saturated carbocycles. The highest BCUT2D eigenvalue weighted by Gasteiger charge is 2.41. The molecule has 1 aromatic carbocycles. The lowest BCUT2D eigenvalue weighted by molar-refractivity contribution is -0.211. The lowest BCUT2D eigenvalue weighted by Crippen LogP contribution is -2.55. The fraction of sp³-hybridized carbons (Fsp3) is 0.438. The molecule has 4 heteroatoms. The van der Waals surface area contributed by atoms with E-state index in [0.717, 1.165) is 28.9 Å². The highest BCUT2D eigenvalue weighted by atomic mass is 16.5. The molecule has 2 aromatic rings. The van der Waals surface area contributed by atoms with Gasteiger partial charge in [0.05, 0.1) is 16.6 Å². The van der Waals surface area contributed by atoms with E-state index in [1.54, 1.807) is 0 Å². The van der Waals surface area contributed by atoms with Crippen LogP contribution in [0.2, 0.25) is 0 Å². The number of aromatic amines is 1. The van der Waals surface area contributed by atoms with Crippen LogP contribution in [0.5, 0.6) is 0 Å². The van der Waals surface area contributed by atoms with Gasteiger partial charge in [-0.1, -0.05) is 18.2 Å². The van der Waals surface area contributed by atoms with E-state index in [0.29, 0.717) is 0 Å². The number of hydrogen-bond acceptors (Lipinski definition) is 3. The first-order chi connectivity index (χ1) is 9.29. The van der Waals surface area contributed by atoms with E-state index < -0.39 is 5.54 Å². The average Bonchev–Trinajstić information content (AvgIpc) is 2.79. The molecule has 2 N–H and O–H groups in total. The zero-order valence-electron chi connectivity index (χ0n) is 12.4. The lowest BCUT2D eigenvalue weighted by atomic mass is 9.82. The fourth-order valence-corrected chi connectivity index (χ4v) is 3.12. The molecule has 0 bridgehead atoms. The molecular weight excluding hydrogens is 250 g/mol. The van der Waals surface area contributed by atoms with Crippen LogP contribution in [0.4, 0.5) is 0 Å². The number of aromatic nitrogens is 2. The number of nitrogens with zero attached hydrogens (tertiary/aromatic N) is 2. The molecule has 0 radical (unpaired) electrons. The van der Waals surface area contributed by atoms with Gasteiger partial charge in [0.2, 0.25) is 0 Å². The van der Waals surface area contributed by atoms with Crippen LogP contribution in [-0.4, -0.2) is 31.3 Å². The molecule has 0 unspecified atom stereocenters. The van der Waals surface area contributed by atoms with Crippen LogP contribution in [0, 0.1) is 0 Å². The van der Waals surface area contributed by atoms with Crippen molar-refractivity contribution in [1.82, 2.24) is 15.0 Å². The van der Waals surface area contributed by atoms with Crippen LogP contribution >= 0.6 is 0 Å². The highest BCUT2D eigenvalue weighted by Crippen LogP contribution is 2.39. The van der Waals surface area contributed by atoms with Crippen LogP contribution in [0.25, 0.3) is 16.6 Å². The molecule has 1 aromatic heterocycles. The molecule has 0 saturated heterocycles. The topological polar surface area (TPSA) is 52.2 Å². The fourth-order valence-electron chi connectivity index (χ4n) is 3.12. The number of fused-ring (bicyclic) bond motifs is 1. The quantitative estimate of drug-likeness (QED) is 0.833. The zero-order valence-corrected chi connectivity index (χ0v) is 12.4. The second kappa shape index (κ2) is 4.17. The Labute approximate surface area is 119 Å². The number of H-pyrrole nitrogens is 1. The Balaban J connectivity index is 2.09. The third-order valence-electron chi connectivity index (χ3n) is 3.96. The van der Waals surface area contributed by atoms with Gasteiger partial charge in [0.1, 0.15) is 5.82 Å². The van der Waals surface area contributed by atoms with E-state index in [4.69, 9.17) is 0 Å². The molecule has 0 spiro atoms. The standard InChI is InChI=1S/C16H21N3O/c1-15(2)9-11(10-16(3,4)19(15)20)14-17-12-7-5-6-8-13(12)18-14/h5-9,20H,10H2,1-4H3,(H,17,18). The minimum atomic E-state index is -0.407. The predicted molar refractivity (Wildman–Crippen MR) is 80.5 cm³/mol. The third kappa shape index (κ3) is 2.05. The number of rotatable bonds is 1. The smallest absolute Gasteiger partial charge is 0.134 e. The second-order valence-electron chi connectivity index (χ2n) is 6.73. The van der Waals surface area contributed by atoms with Crippen LogP contribution in [0.15, 0.2) is 30.3 Å². The number of benzene rings is 1. The van der Waals surface area contributed by atoms with Crippen molar-refractivity contribution in [2.45, 2.75) is 45.2 Å². The Morgan fingerprint density at radius 3 is 2.55 bits per heavy atom. The molecule has 3 rings (SSSR count). The molecule has 0 aliphatic carbocycles. The summed E-state index contributed by atoms with van der Waals surface area (Å²) in [6.07, 6.45) is 2.85. The van der Waals surface area contributed by atoms with Gasteiger partial charge in [0, 0.05) is 5.54 Å². The van der Waals surface area contributed by atoms with Crippen molar-refractivity contribution >= 4 is 16.6 Å². The van der Waals surface area contributed by atoms with E-state index >= 15 is 0 Å². The Kier molecular flexibility index (Phi) is 2.78. The third-order valence-corrected chi connectivity index (χ3v) is 3.96. The number of nitrogens with one attached hydrogen (secondary N) is 1. The summed E-state index contributed by atoms with van der Waals surface area (Å²) >= 11 is 0. The van der Waals surface area contributed by atoms with E-state index in [-0.39, 0.29) is 5.54 Å². The summed E-state index contributed by atoms with van der Waals surface area (Å²) in [4.78, 5) is 8.04. The highest BCUT2D eigenvalue weighted by molar-refractivity contribution is 5.79. The maximum absolute atomic E-state index is 10.3. The summed E-state index contributed by atoms with van der Waals surface area (Å²) in [6.45, 7) is 8.11. The number of imidazole rings is 1. The Bertz CT molecular complexity index is 649. The van der Waals surface area contributed by atoms with E-state index in [9.17, 15) is 5.21 Å². The summed E-state index contributed by atoms with van der Waals surface area (Å²) in [7, 11) is 0. The van der Waals surface area contributed by atoms with Gasteiger partial charge in [-0.3, -0.25) is 0 Å². The molecule has 20 heavy (non-hydrogen) atoms.